The third-order valence-corrected chi connectivity index (χ3v) is 4.04. The fourth-order valence-corrected chi connectivity index (χ4v) is 2.72. The molecule has 0 amide bonds. The Morgan fingerprint density at radius 2 is 1.90 bits per heavy atom. The van der Waals surface area contributed by atoms with Crippen LogP contribution in [0.4, 0.5) is 0 Å². The van der Waals surface area contributed by atoms with Crippen LogP contribution in [0.25, 0.3) is 0 Å². The average Bonchev–Trinajstić information content (AvgIpc) is 2.37. The minimum Gasteiger partial charge on any atom is -0.457 e. The predicted octanol–water partition coefficient (Wildman–Crippen LogP) is 3.52. The Morgan fingerprint density at radius 1 is 1.15 bits per heavy atom. The van der Waals surface area contributed by atoms with E-state index in [1.807, 2.05) is 6.07 Å². The first-order valence-corrected chi connectivity index (χ1v) is 8.25. The van der Waals surface area contributed by atoms with Gasteiger partial charge in [-0.1, -0.05) is 22.0 Å². The van der Waals surface area contributed by atoms with Gasteiger partial charge in [0.25, 0.3) is 0 Å². The van der Waals surface area contributed by atoms with Crippen molar-refractivity contribution in [1.82, 2.24) is 0 Å². The molecule has 0 saturated heterocycles. The molecule has 2 rings (SSSR count). The summed E-state index contributed by atoms with van der Waals surface area (Å²) in [6.45, 7) is 0. The minimum atomic E-state index is -3.28. The van der Waals surface area contributed by atoms with E-state index >= 15 is 0 Å². The third kappa shape index (κ3) is 3.59. The molecule has 0 aliphatic heterocycles. The lowest BCUT2D eigenvalue weighted by atomic mass is 10.2. The van der Waals surface area contributed by atoms with Crippen LogP contribution in [-0.4, -0.2) is 14.7 Å². The smallest absolute Gasteiger partial charge is 0.175 e. The highest BCUT2D eigenvalue weighted by Gasteiger charge is 2.09. The molecule has 6 heteroatoms. The number of sulfone groups is 1. The van der Waals surface area contributed by atoms with Gasteiger partial charge in [-0.05, 0) is 36.4 Å². The monoisotopic (exact) mass is 351 g/mol. The lowest BCUT2D eigenvalue weighted by molar-refractivity contribution is 0.480. The van der Waals surface area contributed by atoms with Gasteiger partial charge in [-0.25, -0.2) is 8.42 Å². The molecule has 0 unspecified atom stereocenters. The summed E-state index contributed by atoms with van der Waals surface area (Å²) in [5.41, 5.74) is 0.452. The SMILES string of the molecule is CS(=O)(=O)c1cccc(Oc2cc(Br)cc(C#N)c2)c1. The number of rotatable bonds is 3. The van der Waals surface area contributed by atoms with Gasteiger partial charge in [0.15, 0.2) is 9.84 Å². The Kier molecular flexibility index (Phi) is 4.12. The van der Waals surface area contributed by atoms with E-state index in [1.165, 1.54) is 12.1 Å². The van der Waals surface area contributed by atoms with E-state index in [9.17, 15) is 8.42 Å². The number of benzene rings is 2. The number of nitriles is 1. The molecule has 0 radical (unpaired) electrons. The van der Waals surface area contributed by atoms with Gasteiger partial charge < -0.3 is 4.74 Å². The van der Waals surface area contributed by atoms with Gasteiger partial charge >= 0.3 is 0 Å². The minimum absolute atomic E-state index is 0.186. The predicted molar refractivity (Wildman–Crippen MR) is 78.5 cm³/mol. The molecule has 102 valence electrons. The highest BCUT2D eigenvalue weighted by atomic mass is 79.9. The van der Waals surface area contributed by atoms with E-state index in [4.69, 9.17) is 10.00 Å². The summed E-state index contributed by atoms with van der Waals surface area (Å²) in [5.74, 6) is 0.858. The van der Waals surface area contributed by atoms with Crippen LogP contribution in [-0.2, 0) is 9.84 Å². The fraction of sp³-hybridized carbons (Fsp3) is 0.0714. The maximum absolute atomic E-state index is 11.5. The molecule has 2 aromatic rings. The molecule has 0 aliphatic rings. The molecule has 0 heterocycles. The lowest BCUT2D eigenvalue weighted by Gasteiger charge is -2.08. The van der Waals surface area contributed by atoms with Gasteiger partial charge in [0.05, 0.1) is 16.5 Å². The second-order valence-electron chi connectivity index (χ2n) is 4.14. The molecule has 0 fully saturated rings. The Hall–Kier alpha value is -1.84. The standard InChI is InChI=1S/C14H10BrNO3S/c1-20(17,18)14-4-2-3-12(8-14)19-13-6-10(9-16)5-11(15)7-13/h2-8H,1H3. The molecule has 20 heavy (non-hydrogen) atoms. The summed E-state index contributed by atoms with van der Waals surface area (Å²) < 4.78 is 29.3. The van der Waals surface area contributed by atoms with E-state index in [0.717, 1.165) is 6.26 Å². The topological polar surface area (TPSA) is 67.2 Å². The maximum Gasteiger partial charge on any atom is 0.175 e. The van der Waals surface area contributed by atoms with Crippen molar-refractivity contribution in [2.75, 3.05) is 6.26 Å². The Bertz CT molecular complexity index is 794. The number of hydrogen-bond donors (Lipinski definition) is 0. The highest BCUT2D eigenvalue weighted by Crippen LogP contribution is 2.27. The Morgan fingerprint density at radius 3 is 2.55 bits per heavy atom. The van der Waals surface area contributed by atoms with E-state index in [-0.39, 0.29) is 4.90 Å². The molecular weight excluding hydrogens is 342 g/mol. The summed E-state index contributed by atoms with van der Waals surface area (Å²) in [6, 6.07) is 13.2. The van der Waals surface area contributed by atoms with Gasteiger partial charge in [0.2, 0.25) is 0 Å². The zero-order chi connectivity index (χ0) is 14.8. The molecule has 2 aromatic carbocycles. The molecule has 0 aromatic heterocycles. The van der Waals surface area contributed by atoms with Crippen molar-refractivity contribution < 1.29 is 13.2 Å². The molecule has 0 spiro atoms. The van der Waals surface area contributed by atoms with E-state index in [0.29, 0.717) is 21.5 Å². The van der Waals surface area contributed by atoms with Crippen LogP contribution in [0, 0.1) is 11.3 Å². The van der Waals surface area contributed by atoms with Gasteiger partial charge in [-0.15, -0.1) is 0 Å². The van der Waals surface area contributed by atoms with Crippen LogP contribution in [0.3, 0.4) is 0 Å². The van der Waals surface area contributed by atoms with Gasteiger partial charge in [0, 0.05) is 10.7 Å². The van der Waals surface area contributed by atoms with Gasteiger partial charge in [0.1, 0.15) is 11.5 Å². The van der Waals surface area contributed by atoms with Crippen LogP contribution < -0.4 is 4.74 Å². The Labute approximate surface area is 125 Å². The average molecular weight is 352 g/mol. The molecule has 0 N–H and O–H groups in total. The van der Waals surface area contributed by atoms with Crippen LogP contribution in [0.15, 0.2) is 51.8 Å². The normalized spacial score (nSPS) is 10.8. The van der Waals surface area contributed by atoms with E-state index in [2.05, 4.69) is 15.9 Å². The molecule has 0 atom stereocenters. The second kappa shape index (κ2) is 5.65. The molecule has 4 nitrogen and oxygen atoms in total. The molecule has 0 aliphatic carbocycles. The van der Waals surface area contributed by atoms with Crippen molar-refractivity contribution in [3.05, 3.63) is 52.5 Å². The number of hydrogen-bond acceptors (Lipinski definition) is 4. The van der Waals surface area contributed by atoms with Crippen molar-refractivity contribution in [2.45, 2.75) is 4.90 Å². The van der Waals surface area contributed by atoms with Crippen LogP contribution in [0.5, 0.6) is 11.5 Å². The maximum atomic E-state index is 11.5. The van der Waals surface area contributed by atoms with Crippen molar-refractivity contribution in [3.8, 4) is 17.6 Å². The first-order chi connectivity index (χ1) is 9.38. The number of nitrogens with zero attached hydrogens (tertiary/aromatic N) is 1. The molecule has 0 bridgehead atoms. The quantitative estimate of drug-likeness (QED) is 0.848. The highest BCUT2D eigenvalue weighted by molar-refractivity contribution is 9.10. The molecular formula is C14H10BrNO3S. The zero-order valence-corrected chi connectivity index (χ0v) is 12.9. The van der Waals surface area contributed by atoms with Gasteiger partial charge in [-0.3, -0.25) is 0 Å². The van der Waals surface area contributed by atoms with Crippen molar-refractivity contribution in [3.63, 3.8) is 0 Å². The second-order valence-corrected chi connectivity index (χ2v) is 7.07. The summed E-state index contributed by atoms with van der Waals surface area (Å²) in [5, 5.41) is 8.90. The first kappa shape index (κ1) is 14.6. The van der Waals surface area contributed by atoms with Crippen LogP contribution >= 0.6 is 15.9 Å². The zero-order valence-electron chi connectivity index (χ0n) is 10.5. The Balaban J connectivity index is 2.36. The van der Waals surface area contributed by atoms with Gasteiger partial charge in [-0.2, -0.15) is 5.26 Å². The summed E-state index contributed by atoms with van der Waals surface area (Å²) in [7, 11) is -3.28. The van der Waals surface area contributed by atoms with Crippen molar-refractivity contribution in [1.29, 1.82) is 5.26 Å². The summed E-state index contributed by atoms with van der Waals surface area (Å²) >= 11 is 3.29. The lowest BCUT2D eigenvalue weighted by Crippen LogP contribution is -1.97. The van der Waals surface area contributed by atoms with E-state index in [1.54, 1.807) is 30.3 Å². The molecule has 0 saturated carbocycles. The third-order valence-electron chi connectivity index (χ3n) is 2.47. The fourth-order valence-electron chi connectivity index (χ4n) is 1.59. The summed E-state index contributed by atoms with van der Waals surface area (Å²) in [4.78, 5) is 0.186. The largest absolute Gasteiger partial charge is 0.457 e. The van der Waals surface area contributed by atoms with Crippen molar-refractivity contribution in [2.24, 2.45) is 0 Å². The number of halogens is 1. The van der Waals surface area contributed by atoms with Crippen LogP contribution in [0.2, 0.25) is 0 Å². The van der Waals surface area contributed by atoms with E-state index < -0.39 is 9.84 Å². The summed E-state index contributed by atoms with van der Waals surface area (Å²) in [6.07, 6.45) is 1.14. The number of ether oxygens (including phenoxy) is 1. The van der Waals surface area contributed by atoms with Crippen molar-refractivity contribution >= 4 is 25.8 Å². The van der Waals surface area contributed by atoms with Crippen LogP contribution in [0.1, 0.15) is 5.56 Å². The first-order valence-electron chi connectivity index (χ1n) is 5.57.